The zero-order chi connectivity index (χ0) is 14.9. The molecule has 2 unspecified atom stereocenters. The Bertz CT molecular complexity index is 662. The quantitative estimate of drug-likeness (QED) is 0.855. The number of ether oxygens (including phenoxy) is 2. The van der Waals surface area contributed by atoms with E-state index in [2.05, 4.69) is 41.3 Å². The lowest BCUT2D eigenvalue weighted by molar-refractivity contribution is 0.211. The van der Waals surface area contributed by atoms with Gasteiger partial charge in [0.25, 0.3) is 0 Å². The van der Waals surface area contributed by atoms with Gasteiger partial charge in [-0.05, 0) is 23.8 Å². The van der Waals surface area contributed by atoms with Crippen molar-refractivity contribution in [3.63, 3.8) is 0 Å². The summed E-state index contributed by atoms with van der Waals surface area (Å²) in [6, 6.07) is 16.9. The van der Waals surface area contributed by atoms with E-state index in [1.165, 1.54) is 11.1 Å². The zero-order valence-corrected chi connectivity index (χ0v) is 14.1. The molecule has 2 aromatic carbocycles. The highest BCUT2D eigenvalue weighted by Gasteiger charge is 2.38. The maximum Gasteiger partial charge on any atom is 0.123 e. The van der Waals surface area contributed by atoms with Gasteiger partial charge in [-0.3, -0.25) is 4.90 Å². The van der Waals surface area contributed by atoms with Gasteiger partial charge in [0.05, 0.1) is 13.7 Å². The third kappa shape index (κ3) is 3.17. The van der Waals surface area contributed by atoms with Crippen LogP contribution < -0.4 is 9.47 Å². The van der Waals surface area contributed by atoms with E-state index in [-0.39, 0.29) is 12.4 Å². The lowest BCUT2D eigenvalue weighted by atomic mass is 9.87. The van der Waals surface area contributed by atoms with Crippen LogP contribution in [0.4, 0.5) is 0 Å². The lowest BCUT2D eigenvalue weighted by Gasteiger charge is -2.28. The van der Waals surface area contributed by atoms with Gasteiger partial charge in [-0.1, -0.05) is 30.3 Å². The molecule has 0 radical (unpaired) electrons. The van der Waals surface area contributed by atoms with Crippen molar-refractivity contribution in [1.82, 2.24) is 4.90 Å². The second-order valence-electron chi connectivity index (χ2n) is 6.26. The van der Waals surface area contributed by atoms with E-state index in [4.69, 9.17) is 9.47 Å². The fourth-order valence-electron chi connectivity index (χ4n) is 3.72. The highest BCUT2D eigenvalue weighted by Crippen LogP contribution is 2.43. The van der Waals surface area contributed by atoms with Crippen molar-refractivity contribution in [3.8, 4) is 11.5 Å². The summed E-state index contributed by atoms with van der Waals surface area (Å²) in [5.41, 5.74) is 2.69. The lowest BCUT2D eigenvalue weighted by Crippen LogP contribution is -2.25. The molecular formula is C19H22ClNO2. The Kier molecular flexibility index (Phi) is 4.79. The fourth-order valence-corrected chi connectivity index (χ4v) is 3.72. The van der Waals surface area contributed by atoms with Crippen LogP contribution in [0.3, 0.4) is 0 Å². The predicted octanol–water partition coefficient (Wildman–Crippen LogP) is 3.73. The van der Waals surface area contributed by atoms with Crippen LogP contribution in [0.2, 0.25) is 0 Å². The van der Waals surface area contributed by atoms with Crippen LogP contribution in [0.1, 0.15) is 17.0 Å². The molecule has 1 fully saturated rings. The van der Waals surface area contributed by atoms with E-state index >= 15 is 0 Å². The second-order valence-corrected chi connectivity index (χ2v) is 6.26. The minimum absolute atomic E-state index is 0. The van der Waals surface area contributed by atoms with Gasteiger partial charge in [0, 0.05) is 37.0 Å². The van der Waals surface area contributed by atoms with Crippen LogP contribution in [0.5, 0.6) is 11.5 Å². The van der Waals surface area contributed by atoms with Crippen molar-refractivity contribution in [3.05, 3.63) is 59.7 Å². The van der Waals surface area contributed by atoms with Crippen molar-refractivity contribution in [1.29, 1.82) is 0 Å². The molecule has 2 aliphatic heterocycles. The molecule has 122 valence electrons. The Morgan fingerprint density at radius 2 is 1.96 bits per heavy atom. The van der Waals surface area contributed by atoms with E-state index in [0.717, 1.165) is 37.7 Å². The number of fused-ring (bicyclic) bond motifs is 3. The first kappa shape index (κ1) is 16.2. The Morgan fingerprint density at radius 1 is 1.13 bits per heavy atom. The van der Waals surface area contributed by atoms with Gasteiger partial charge in [-0.15, -0.1) is 12.4 Å². The first-order chi connectivity index (χ1) is 10.8. The summed E-state index contributed by atoms with van der Waals surface area (Å²) in [7, 11) is 1.72. The molecule has 0 aliphatic carbocycles. The number of likely N-dealkylation sites (tertiary alicyclic amines) is 1. The van der Waals surface area contributed by atoms with E-state index in [9.17, 15) is 0 Å². The summed E-state index contributed by atoms with van der Waals surface area (Å²) >= 11 is 0. The summed E-state index contributed by atoms with van der Waals surface area (Å²) in [5.74, 6) is 3.10. The van der Waals surface area contributed by atoms with Crippen LogP contribution in [-0.4, -0.2) is 31.7 Å². The van der Waals surface area contributed by atoms with Crippen LogP contribution in [-0.2, 0) is 6.54 Å². The topological polar surface area (TPSA) is 21.7 Å². The number of halogens is 1. The molecule has 2 aromatic rings. The summed E-state index contributed by atoms with van der Waals surface area (Å²) in [6.07, 6.45) is 0. The first-order valence-electron chi connectivity index (χ1n) is 7.90. The van der Waals surface area contributed by atoms with Crippen molar-refractivity contribution in [2.75, 3.05) is 26.8 Å². The highest BCUT2D eigenvalue weighted by atomic mass is 35.5. The zero-order valence-electron chi connectivity index (χ0n) is 13.3. The van der Waals surface area contributed by atoms with Gasteiger partial charge in [0.15, 0.2) is 0 Å². The third-order valence-electron chi connectivity index (χ3n) is 4.83. The monoisotopic (exact) mass is 331 g/mol. The molecule has 23 heavy (non-hydrogen) atoms. The average molecular weight is 332 g/mol. The maximum atomic E-state index is 5.95. The van der Waals surface area contributed by atoms with Crippen LogP contribution in [0, 0.1) is 5.92 Å². The Labute approximate surface area is 143 Å². The van der Waals surface area contributed by atoms with Crippen molar-refractivity contribution >= 4 is 12.4 Å². The van der Waals surface area contributed by atoms with Gasteiger partial charge in [-0.2, -0.15) is 0 Å². The smallest absolute Gasteiger partial charge is 0.123 e. The first-order valence-corrected chi connectivity index (χ1v) is 7.90. The van der Waals surface area contributed by atoms with Crippen molar-refractivity contribution < 1.29 is 9.47 Å². The van der Waals surface area contributed by atoms with Crippen molar-refractivity contribution in [2.45, 2.75) is 12.5 Å². The molecule has 0 saturated carbocycles. The normalized spacial score (nSPS) is 22.5. The minimum Gasteiger partial charge on any atom is -0.497 e. The number of benzene rings is 2. The molecule has 4 rings (SSSR count). The Morgan fingerprint density at radius 3 is 2.74 bits per heavy atom. The predicted molar refractivity (Wildman–Crippen MR) is 93.7 cm³/mol. The molecule has 0 amide bonds. The molecule has 0 N–H and O–H groups in total. The number of nitrogens with zero attached hydrogens (tertiary/aromatic N) is 1. The molecule has 2 aliphatic rings. The van der Waals surface area contributed by atoms with Gasteiger partial charge in [0.1, 0.15) is 11.5 Å². The number of methoxy groups -OCH3 is 1. The summed E-state index contributed by atoms with van der Waals surface area (Å²) < 4.78 is 11.3. The fraction of sp³-hybridized carbons (Fsp3) is 0.368. The van der Waals surface area contributed by atoms with Gasteiger partial charge >= 0.3 is 0 Å². The standard InChI is InChI=1S/C19H21NO2.ClH/c1-21-16-7-8-19-17(9-16)18-12-20(11-15(18)13-22-19)10-14-5-3-2-4-6-14;/h2-9,15,18H,10-13H2,1H3;1H. The molecule has 2 heterocycles. The van der Waals surface area contributed by atoms with Crippen LogP contribution in [0.25, 0.3) is 0 Å². The molecule has 4 heteroatoms. The maximum absolute atomic E-state index is 5.95. The molecule has 0 bridgehead atoms. The molecule has 0 aromatic heterocycles. The largest absolute Gasteiger partial charge is 0.497 e. The number of hydrogen-bond acceptors (Lipinski definition) is 3. The van der Waals surface area contributed by atoms with E-state index in [0.29, 0.717) is 11.8 Å². The summed E-state index contributed by atoms with van der Waals surface area (Å²) in [6.45, 7) is 4.06. The molecule has 3 nitrogen and oxygen atoms in total. The van der Waals surface area contributed by atoms with E-state index in [1.54, 1.807) is 7.11 Å². The minimum atomic E-state index is 0. The van der Waals surface area contributed by atoms with Gasteiger partial charge in [-0.25, -0.2) is 0 Å². The number of hydrogen-bond donors (Lipinski definition) is 0. The summed E-state index contributed by atoms with van der Waals surface area (Å²) in [5, 5.41) is 0. The SMILES string of the molecule is COc1ccc2c(c1)C1CN(Cc3ccccc3)CC1CO2.Cl. The van der Waals surface area contributed by atoms with Gasteiger partial charge < -0.3 is 9.47 Å². The van der Waals surface area contributed by atoms with Gasteiger partial charge in [0.2, 0.25) is 0 Å². The Balaban J connectivity index is 0.00000156. The average Bonchev–Trinajstić information content (AvgIpc) is 2.98. The number of rotatable bonds is 3. The molecule has 0 spiro atoms. The van der Waals surface area contributed by atoms with Crippen molar-refractivity contribution in [2.24, 2.45) is 5.92 Å². The molecular weight excluding hydrogens is 310 g/mol. The third-order valence-corrected chi connectivity index (χ3v) is 4.83. The van der Waals surface area contributed by atoms with E-state index in [1.807, 2.05) is 12.1 Å². The van der Waals surface area contributed by atoms with E-state index < -0.39 is 0 Å². The molecule has 1 saturated heterocycles. The summed E-state index contributed by atoms with van der Waals surface area (Å²) in [4.78, 5) is 2.54. The van der Waals surface area contributed by atoms with Crippen LogP contribution >= 0.6 is 12.4 Å². The molecule has 2 atom stereocenters. The van der Waals surface area contributed by atoms with Crippen LogP contribution in [0.15, 0.2) is 48.5 Å². The second kappa shape index (κ2) is 6.81. The highest BCUT2D eigenvalue weighted by molar-refractivity contribution is 5.85. The Hall–Kier alpha value is -1.71.